The number of carbonyl (C=O) groups is 1. The van der Waals surface area contributed by atoms with E-state index in [2.05, 4.69) is 29.5 Å². The van der Waals surface area contributed by atoms with Crippen molar-refractivity contribution in [1.29, 1.82) is 0 Å². The summed E-state index contributed by atoms with van der Waals surface area (Å²) in [6.07, 6.45) is 2.33. The van der Waals surface area contributed by atoms with Gasteiger partial charge in [0.2, 0.25) is 0 Å². The second kappa shape index (κ2) is 4.58. The Morgan fingerprint density at radius 3 is 3.17 bits per heavy atom. The Morgan fingerprint density at radius 2 is 2.50 bits per heavy atom. The van der Waals surface area contributed by atoms with Crippen LogP contribution in [-0.4, -0.2) is 17.0 Å². The third-order valence-corrected chi connectivity index (χ3v) is 1.37. The van der Waals surface area contributed by atoms with Crippen LogP contribution in [0.1, 0.15) is 16.1 Å². The van der Waals surface area contributed by atoms with Gasteiger partial charge < -0.3 is 0 Å². The number of nitrogens with zero attached hydrogens (tertiary/aromatic N) is 1. The summed E-state index contributed by atoms with van der Waals surface area (Å²) in [5, 5.41) is 0. The van der Waals surface area contributed by atoms with Crippen molar-refractivity contribution in [3.63, 3.8) is 0 Å². The minimum atomic E-state index is 0.493. The maximum absolute atomic E-state index is 10.3. The first-order chi connectivity index (χ1) is 5.86. The van der Waals surface area contributed by atoms with Gasteiger partial charge in [-0.3, -0.25) is 4.79 Å². The van der Waals surface area contributed by atoms with E-state index in [-0.39, 0.29) is 0 Å². The standard InChI is InChI=1S/C9H7NOS/c11-7-8-3-4-10-9(6-8)2-1-5-12/h3-4,6-7,12H,5H2. The van der Waals surface area contributed by atoms with Gasteiger partial charge in [0.15, 0.2) is 0 Å². The Balaban J connectivity index is 2.93. The molecule has 3 heteroatoms. The summed E-state index contributed by atoms with van der Waals surface area (Å²) in [5.74, 6) is 6.02. The molecule has 1 heterocycles. The average Bonchev–Trinajstić information content (AvgIpc) is 2.15. The van der Waals surface area contributed by atoms with Gasteiger partial charge in [0, 0.05) is 11.8 Å². The van der Waals surface area contributed by atoms with Gasteiger partial charge in [-0.15, -0.1) is 0 Å². The van der Waals surface area contributed by atoms with Gasteiger partial charge in [0.25, 0.3) is 0 Å². The number of hydrogen-bond donors (Lipinski definition) is 1. The fourth-order valence-corrected chi connectivity index (χ4v) is 0.798. The normalized spacial score (nSPS) is 8.42. The molecule has 12 heavy (non-hydrogen) atoms. The maximum Gasteiger partial charge on any atom is 0.150 e. The van der Waals surface area contributed by atoms with Crippen molar-refractivity contribution >= 4 is 18.9 Å². The Hall–Kier alpha value is -1.27. The molecular formula is C9H7NOS. The molecule has 0 N–H and O–H groups in total. The topological polar surface area (TPSA) is 30.0 Å². The predicted molar refractivity (Wildman–Crippen MR) is 50.4 cm³/mol. The van der Waals surface area contributed by atoms with E-state index in [0.29, 0.717) is 17.0 Å². The van der Waals surface area contributed by atoms with E-state index < -0.39 is 0 Å². The first kappa shape index (κ1) is 8.82. The number of pyridine rings is 1. The van der Waals surface area contributed by atoms with Crippen molar-refractivity contribution < 1.29 is 4.79 Å². The van der Waals surface area contributed by atoms with Crippen molar-refractivity contribution in [3.8, 4) is 11.8 Å². The Bertz CT molecular complexity index is 338. The van der Waals surface area contributed by atoms with Crippen LogP contribution in [0.15, 0.2) is 18.3 Å². The summed E-state index contributed by atoms with van der Waals surface area (Å²) in [6.45, 7) is 0. The van der Waals surface area contributed by atoms with Crippen LogP contribution < -0.4 is 0 Å². The fraction of sp³-hybridized carbons (Fsp3) is 0.111. The van der Waals surface area contributed by atoms with Crippen molar-refractivity contribution in [1.82, 2.24) is 4.98 Å². The molecule has 0 aliphatic rings. The molecule has 1 aromatic rings. The number of aldehydes is 1. The zero-order valence-corrected chi connectivity index (χ0v) is 7.21. The van der Waals surface area contributed by atoms with Gasteiger partial charge in [-0.25, -0.2) is 4.98 Å². The quantitative estimate of drug-likeness (QED) is 0.396. The lowest BCUT2D eigenvalue weighted by Crippen LogP contribution is -1.85. The molecule has 0 amide bonds. The van der Waals surface area contributed by atoms with Crippen LogP contribution in [-0.2, 0) is 0 Å². The number of hydrogen-bond acceptors (Lipinski definition) is 3. The number of thiol groups is 1. The van der Waals surface area contributed by atoms with Crippen molar-refractivity contribution in [2.75, 3.05) is 5.75 Å². The Kier molecular flexibility index (Phi) is 3.36. The van der Waals surface area contributed by atoms with Crippen LogP contribution in [0, 0.1) is 11.8 Å². The molecule has 0 bridgehead atoms. The van der Waals surface area contributed by atoms with Crippen LogP contribution >= 0.6 is 12.6 Å². The zero-order chi connectivity index (χ0) is 8.81. The molecular weight excluding hydrogens is 170 g/mol. The predicted octanol–water partition coefficient (Wildman–Crippen LogP) is 1.18. The number of aromatic nitrogens is 1. The van der Waals surface area contributed by atoms with Crippen LogP contribution in [0.5, 0.6) is 0 Å². The van der Waals surface area contributed by atoms with Gasteiger partial charge in [-0.1, -0.05) is 5.92 Å². The fourth-order valence-electron chi connectivity index (χ4n) is 0.719. The number of rotatable bonds is 1. The molecule has 1 aromatic heterocycles. The molecule has 2 nitrogen and oxygen atoms in total. The molecule has 0 aromatic carbocycles. The van der Waals surface area contributed by atoms with E-state index in [1.165, 1.54) is 0 Å². The third kappa shape index (κ3) is 2.40. The first-order valence-corrected chi connectivity index (χ1v) is 4.01. The van der Waals surface area contributed by atoms with E-state index in [9.17, 15) is 4.79 Å². The summed E-state index contributed by atoms with van der Waals surface area (Å²) in [4.78, 5) is 14.3. The maximum atomic E-state index is 10.3. The zero-order valence-electron chi connectivity index (χ0n) is 6.32. The number of carbonyl (C=O) groups excluding carboxylic acids is 1. The molecule has 60 valence electrons. The monoisotopic (exact) mass is 177 g/mol. The highest BCUT2D eigenvalue weighted by Gasteiger charge is 1.90. The van der Waals surface area contributed by atoms with E-state index >= 15 is 0 Å². The summed E-state index contributed by atoms with van der Waals surface area (Å²) in [5.41, 5.74) is 1.20. The van der Waals surface area contributed by atoms with E-state index in [0.717, 1.165) is 6.29 Å². The third-order valence-electron chi connectivity index (χ3n) is 1.22. The van der Waals surface area contributed by atoms with Crippen molar-refractivity contribution in [2.45, 2.75) is 0 Å². The molecule has 0 spiro atoms. The second-order valence-corrected chi connectivity index (χ2v) is 2.37. The summed E-state index contributed by atoms with van der Waals surface area (Å²) in [6, 6.07) is 3.28. The van der Waals surface area contributed by atoms with Crippen LogP contribution in [0.3, 0.4) is 0 Å². The molecule has 1 rings (SSSR count). The SMILES string of the molecule is O=Cc1ccnc(C#CCS)c1. The van der Waals surface area contributed by atoms with Crippen LogP contribution in [0.2, 0.25) is 0 Å². The van der Waals surface area contributed by atoms with Crippen molar-refractivity contribution in [3.05, 3.63) is 29.6 Å². The van der Waals surface area contributed by atoms with E-state index in [4.69, 9.17) is 0 Å². The summed E-state index contributed by atoms with van der Waals surface area (Å²) < 4.78 is 0. The first-order valence-electron chi connectivity index (χ1n) is 3.38. The van der Waals surface area contributed by atoms with E-state index in [1.54, 1.807) is 18.3 Å². The van der Waals surface area contributed by atoms with Crippen molar-refractivity contribution in [2.24, 2.45) is 0 Å². The largest absolute Gasteiger partial charge is 0.298 e. The second-order valence-electron chi connectivity index (χ2n) is 2.05. The molecule has 0 saturated carbocycles. The lowest BCUT2D eigenvalue weighted by atomic mass is 10.2. The minimum absolute atomic E-state index is 0.493. The van der Waals surface area contributed by atoms with E-state index in [1.807, 2.05) is 0 Å². The molecule has 0 atom stereocenters. The Labute approximate surface area is 76.4 Å². The Morgan fingerprint density at radius 1 is 1.67 bits per heavy atom. The molecule has 0 aliphatic carbocycles. The average molecular weight is 177 g/mol. The van der Waals surface area contributed by atoms with Gasteiger partial charge in [0.1, 0.15) is 12.0 Å². The van der Waals surface area contributed by atoms with Crippen LogP contribution in [0.25, 0.3) is 0 Å². The van der Waals surface area contributed by atoms with Gasteiger partial charge in [-0.05, 0) is 18.1 Å². The lowest BCUT2D eigenvalue weighted by Gasteiger charge is -1.89. The highest BCUT2D eigenvalue weighted by molar-refractivity contribution is 7.80. The highest BCUT2D eigenvalue weighted by Crippen LogP contribution is 1.96. The van der Waals surface area contributed by atoms with Gasteiger partial charge in [0.05, 0.1) is 5.75 Å². The minimum Gasteiger partial charge on any atom is -0.298 e. The molecule has 0 unspecified atom stereocenters. The molecule has 0 saturated heterocycles. The molecule has 0 radical (unpaired) electrons. The summed E-state index contributed by atoms with van der Waals surface area (Å²) >= 11 is 3.93. The molecule has 0 aliphatic heterocycles. The van der Waals surface area contributed by atoms with Gasteiger partial charge in [-0.2, -0.15) is 12.6 Å². The molecule has 0 fully saturated rings. The van der Waals surface area contributed by atoms with Crippen LogP contribution in [0.4, 0.5) is 0 Å². The summed E-state index contributed by atoms with van der Waals surface area (Å²) in [7, 11) is 0. The lowest BCUT2D eigenvalue weighted by molar-refractivity contribution is 0.112. The van der Waals surface area contributed by atoms with Gasteiger partial charge >= 0.3 is 0 Å². The highest BCUT2D eigenvalue weighted by atomic mass is 32.1. The smallest absolute Gasteiger partial charge is 0.150 e.